The fourth-order valence-electron chi connectivity index (χ4n) is 2.61. The van der Waals surface area contributed by atoms with Crippen molar-refractivity contribution < 1.29 is 13.7 Å². The highest BCUT2D eigenvalue weighted by atomic mass is 32.2. The molecule has 0 aliphatic heterocycles. The van der Waals surface area contributed by atoms with Gasteiger partial charge in [0.15, 0.2) is 0 Å². The summed E-state index contributed by atoms with van der Waals surface area (Å²) in [5, 5.41) is 16.1. The third-order valence-corrected chi connectivity index (χ3v) is 4.91. The predicted molar refractivity (Wildman–Crippen MR) is 106 cm³/mol. The molecule has 0 atom stereocenters. The minimum Gasteiger partial charge on any atom is -0.411 e. The number of aromatic amines is 1. The second-order valence-electron chi connectivity index (χ2n) is 7.28. The van der Waals surface area contributed by atoms with E-state index in [9.17, 15) is 4.79 Å². The fraction of sp³-hybridized carbons (Fsp3) is 0.263. The van der Waals surface area contributed by atoms with Crippen LogP contribution in [0, 0.1) is 0 Å². The first kappa shape index (κ1) is 18.3. The van der Waals surface area contributed by atoms with Crippen molar-refractivity contribution in [2.24, 2.45) is 0 Å². The van der Waals surface area contributed by atoms with Gasteiger partial charge in [-0.3, -0.25) is 10.1 Å². The Hall–Kier alpha value is -3.07. The smallest absolute Gasteiger partial charge is 0.277 e. The summed E-state index contributed by atoms with van der Waals surface area (Å²) in [7, 11) is 0. The number of aromatic nitrogens is 4. The molecule has 4 aromatic rings. The number of amides is 1. The van der Waals surface area contributed by atoms with Gasteiger partial charge in [-0.25, -0.2) is 0 Å². The zero-order valence-electron chi connectivity index (χ0n) is 15.6. The summed E-state index contributed by atoms with van der Waals surface area (Å²) in [5.74, 6) is 0.598. The Labute approximate surface area is 165 Å². The van der Waals surface area contributed by atoms with E-state index in [1.54, 1.807) is 6.07 Å². The number of carbonyl (C=O) groups excluding carboxylic acids is 1. The lowest BCUT2D eigenvalue weighted by molar-refractivity contribution is -0.113. The number of H-pyrrole nitrogens is 1. The molecule has 0 spiro atoms. The molecule has 0 fully saturated rings. The Kier molecular flexibility index (Phi) is 4.68. The van der Waals surface area contributed by atoms with Crippen LogP contribution in [0.4, 0.5) is 5.88 Å². The summed E-state index contributed by atoms with van der Waals surface area (Å²) in [4.78, 5) is 15.3. The van der Waals surface area contributed by atoms with Crippen molar-refractivity contribution in [3.63, 3.8) is 0 Å². The molecule has 0 aliphatic carbocycles. The molecule has 0 bridgehead atoms. The normalized spacial score (nSPS) is 11.8. The predicted octanol–water partition coefficient (Wildman–Crippen LogP) is 4.23. The number of benzene rings is 1. The molecule has 1 aromatic carbocycles. The van der Waals surface area contributed by atoms with Crippen LogP contribution in [0.25, 0.3) is 22.4 Å². The number of hydrogen-bond acceptors (Lipinski definition) is 7. The van der Waals surface area contributed by atoms with Gasteiger partial charge in [-0.2, -0.15) is 0 Å². The van der Waals surface area contributed by atoms with Gasteiger partial charge >= 0.3 is 0 Å². The minimum absolute atomic E-state index is 0.112. The van der Waals surface area contributed by atoms with E-state index in [-0.39, 0.29) is 17.1 Å². The van der Waals surface area contributed by atoms with E-state index < -0.39 is 0 Å². The molecule has 8 nitrogen and oxygen atoms in total. The summed E-state index contributed by atoms with van der Waals surface area (Å²) in [5.41, 5.74) is 2.45. The molecule has 4 rings (SSSR count). The van der Waals surface area contributed by atoms with Gasteiger partial charge in [0.25, 0.3) is 11.1 Å². The van der Waals surface area contributed by atoms with E-state index in [0.717, 1.165) is 33.9 Å². The minimum atomic E-state index is -0.242. The lowest BCUT2D eigenvalue weighted by Crippen LogP contribution is -2.14. The molecule has 9 heteroatoms. The number of anilines is 1. The lowest BCUT2D eigenvalue weighted by Gasteiger charge is -2.12. The maximum absolute atomic E-state index is 12.1. The molecular weight excluding hydrogens is 378 g/mol. The lowest BCUT2D eigenvalue weighted by atomic mass is 9.92. The van der Waals surface area contributed by atoms with Crippen LogP contribution in [-0.4, -0.2) is 32.0 Å². The average molecular weight is 397 g/mol. The van der Waals surface area contributed by atoms with Gasteiger partial charge in [0.1, 0.15) is 0 Å². The van der Waals surface area contributed by atoms with Crippen LogP contribution >= 0.6 is 11.8 Å². The van der Waals surface area contributed by atoms with E-state index >= 15 is 0 Å². The van der Waals surface area contributed by atoms with E-state index in [1.165, 1.54) is 0 Å². The van der Waals surface area contributed by atoms with Crippen molar-refractivity contribution in [1.29, 1.82) is 0 Å². The van der Waals surface area contributed by atoms with Crippen molar-refractivity contribution in [3.8, 4) is 11.5 Å². The molecule has 0 saturated heterocycles. The van der Waals surface area contributed by atoms with Gasteiger partial charge in [0.2, 0.25) is 11.8 Å². The van der Waals surface area contributed by atoms with E-state index in [4.69, 9.17) is 8.94 Å². The first-order valence-corrected chi connectivity index (χ1v) is 9.68. The van der Waals surface area contributed by atoms with Crippen LogP contribution in [0.2, 0.25) is 0 Å². The molecule has 1 amide bonds. The van der Waals surface area contributed by atoms with Gasteiger partial charge in [-0.05, 0) is 6.07 Å². The Morgan fingerprint density at radius 3 is 2.86 bits per heavy atom. The van der Waals surface area contributed by atoms with Gasteiger partial charge in [-0.1, -0.05) is 55.9 Å². The van der Waals surface area contributed by atoms with E-state index in [0.29, 0.717) is 17.0 Å². The van der Waals surface area contributed by atoms with Crippen molar-refractivity contribution in [1.82, 2.24) is 20.3 Å². The van der Waals surface area contributed by atoms with E-state index in [1.807, 2.05) is 51.2 Å². The second-order valence-corrected chi connectivity index (χ2v) is 8.21. The van der Waals surface area contributed by atoms with E-state index in [2.05, 4.69) is 25.7 Å². The fourth-order valence-corrected chi connectivity index (χ4v) is 3.18. The number of rotatable bonds is 5. The highest BCUT2D eigenvalue weighted by molar-refractivity contribution is 7.99. The monoisotopic (exact) mass is 397 g/mol. The van der Waals surface area contributed by atoms with Crippen LogP contribution in [-0.2, 0) is 10.2 Å². The van der Waals surface area contributed by atoms with Crippen LogP contribution in [0.15, 0.2) is 50.7 Å². The third-order valence-electron chi connectivity index (χ3n) is 4.09. The number of carbonyl (C=O) groups is 1. The van der Waals surface area contributed by atoms with Crippen molar-refractivity contribution in [3.05, 3.63) is 42.2 Å². The van der Waals surface area contributed by atoms with Crippen molar-refractivity contribution in [2.45, 2.75) is 31.4 Å². The summed E-state index contributed by atoms with van der Waals surface area (Å²) < 4.78 is 10.9. The van der Waals surface area contributed by atoms with Gasteiger partial charge in [0, 0.05) is 28.6 Å². The summed E-state index contributed by atoms with van der Waals surface area (Å²) in [6, 6.07) is 9.59. The first-order valence-electron chi connectivity index (χ1n) is 8.70. The maximum Gasteiger partial charge on any atom is 0.277 e. The van der Waals surface area contributed by atoms with Crippen LogP contribution in [0.1, 0.15) is 26.5 Å². The maximum atomic E-state index is 12.1. The Bertz CT molecular complexity index is 1120. The number of hydrogen-bond donors (Lipinski definition) is 2. The van der Waals surface area contributed by atoms with Crippen molar-refractivity contribution in [2.75, 3.05) is 11.1 Å². The SMILES string of the molecule is CC(C)(C)c1cc(NC(=O)CSc2nnc(-c3c[nH]c4ccccc34)o2)on1. The standard InChI is InChI=1S/C19H19N5O3S/c1-19(2,3)14-8-16(27-24-14)21-15(25)10-28-18-23-22-17(26-18)12-9-20-13-7-5-4-6-11(12)13/h4-9,20H,10H2,1-3H3,(H,21,25). The molecule has 0 radical (unpaired) electrons. The third kappa shape index (κ3) is 3.79. The van der Waals surface area contributed by atoms with Gasteiger partial charge < -0.3 is 13.9 Å². The molecule has 3 heterocycles. The molecule has 0 saturated carbocycles. The van der Waals surface area contributed by atoms with Crippen LogP contribution < -0.4 is 5.32 Å². The number of nitrogens with one attached hydrogen (secondary N) is 2. The number of para-hydroxylation sites is 1. The average Bonchev–Trinajstić information content (AvgIpc) is 3.38. The Balaban J connectivity index is 1.38. The molecule has 2 N–H and O–H groups in total. The zero-order chi connectivity index (χ0) is 19.7. The molecule has 3 aromatic heterocycles. The zero-order valence-corrected chi connectivity index (χ0v) is 16.5. The second kappa shape index (κ2) is 7.16. The topological polar surface area (TPSA) is 110 Å². The Morgan fingerprint density at radius 1 is 1.25 bits per heavy atom. The van der Waals surface area contributed by atoms with Crippen LogP contribution in [0.3, 0.4) is 0 Å². The highest BCUT2D eigenvalue weighted by Crippen LogP contribution is 2.29. The largest absolute Gasteiger partial charge is 0.411 e. The van der Waals surface area contributed by atoms with Gasteiger partial charge in [-0.15, -0.1) is 10.2 Å². The number of thioether (sulfide) groups is 1. The number of fused-ring (bicyclic) bond motifs is 1. The molecular formula is C19H19N5O3S. The van der Waals surface area contributed by atoms with Crippen molar-refractivity contribution >= 4 is 34.5 Å². The summed E-state index contributed by atoms with van der Waals surface area (Å²) in [6.45, 7) is 6.06. The molecule has 0 unspecified atom stereocenters. The van der Waals surface area contributed by atoms with Gasteiger partial charge in [0.05, 0.1) is 17.0 Å². The van der Waals surface area contributed by atoms with Crippen LogP contribution in [0.5, 0.6) is 0 Å². The summed E-state index contributed by atoms with van der Waals surface area (Å²) >= 11 is 1.16. The first-order chi connectivity index (χ1) is 13.4. The molecule has 0 aliphatic rings. The Morgan fingerprint density at radius 2 is 2.07 bits per heavy atom. The quantitative estimate of drug-likeness (QED) is 0.485. The number of nitrogens with zero attached hydrogens (tertiary/aromatic N) is 3. The molecule has 144 valence electrons. The summed E-state index contributed by atoms with van der Waals surface area (Å²) in [6.07, 6.45) is 1.83. The molecule has 28 heavy (non-hydrogen) atoms. The highest BCUT2D eigenvalue weighted by Gasteiger charge is 2.20.